The third-order valence-corrected chi connectivity index (χ3v) is 6.14. The molecule has 1 aromatic carbocycles. The van der Waals surface area contributed by atoms with Crippen molar-refractivity contribution in [3.8, 4) is 5.75 Å². The van der Waals surface area contributed by atoms with Gasteiger partial charge in [-0.05, 0) is 42.5 Å². The first kappa shape index (κ1) is 19.2. The second-order valence-corrected chi connectivity index (χ2v) is 9.52. The van der Waals surface area contributed by atoms with Crippen molar-refractivity contribution >= 4 is 20.9 Å². The molecule has 0 saturated carbocycles. The molecule has 3 rings (SSSR count). The van der Waals surface area contributed by atoms with Crippen molar-refractivity contribution in [2.75, 3.05) is 26.5 Å². The highest BCUT2D eigenvalue weighted by molar-refractivity contribution is 7.88. The number of likely N-dealkylation sites (tertiary alicyclic amines) is 1. The molecule has 0 spiro atoms. The molecule has 7 heteroatoms. The van der Waals surface area contributed by atoms with Crippen molar-refractivity contribution in [1.82, 2.24) is 14.6 Å². The van der Waals surface area contributed by atoms with Crippen LogP contribution in [-0.4, -0.2) is 50.8 Å². The van der Waals surface area contributed by atoms with Gasteiger partial charge in [-0.3, -0.25) is 4.90 Å². The SMILES string of the molecule is COc1ccc2[nH]c(CN3CC(NS(C)(=O)=O)C(C(C)C)C3)c(C)c2c1. The lowest BCUT2D eigenvalue weighted by atomic mass is 9.92. The van der Waals surface area contributed by atoms with Crippen molar-refractivity contribution in [1.29, 1.82) is 0 Å². The van der Waals surface area contributed by atoms with Crippen molar-refractivity contribution in [2.24, 2.45) is 11.8 Å². The first-order chi connectivity index (χ1) is 12.2. The van der Waals surface area contributed by atoms with Crippen LogP contribution in [0.4, 0.5) is 0 Å². The Hall–Kier alpha value is -1.57. The van der Waals surface area contributed by atoms with Crippen LogP contribution in [0, 0.1) is 18.8 Å². The predicted octanol–water partition coefficient (Wildman–Crippen LogP) is 2.49. The minimum Gasteiger partial charge on any atom is -0.497 e. The third kappa shape index (κ3) is 4.05. The minimum absolute atomic E-state index is 0.0326. The van der Waals surface area contributed by atoms with Gasteiger partial charge in [-0.1, -0.05) is 13.8 Å². The molecule has 26 heavy (non-hydrogen) atoms. The lowest BCUT2D eigenvalue weighted by molar-refractivity contribution is 0.293. The van der Waals surface area contributed by atoms with E-state index in [2.05, 4.69) is 41.4 Å². The highest BCUT2D eigenvalue weighted by Gasteiger charge is 2.36. The molecule has 0 aliphatic carbocycles. The molecule has 1 saturated heterocycles. The lowest BCUT2D eigenvalue weighted by Gasteiger charge is -2.21. The van der Waals surface area contributed by atoms with Crippen LogP contribution in [0.15, 0.2) is 18.2 Å². The van der Waals surface area contributed by atoms with E-state index >= 15 is 0 Å². The number of rotatable bonds is 6. The van der Waals surface area contributed by atoms with E-state index in [0.717, 1.165) is 30.9 Å². The molecule has 2 N–H and O–H groups in total. The molecule has 1 fully saturated rings. The van der Waals surface area contributed by atoms with Gasteiger partial charge in [-0.15, -0.1) is 0 Å². The number of ether oxygens (including phenoxy) is 1. The van der Waals surface area contributed by atoms with E-state index in [1.165, 1.54) is 22.9 Å². The van der Waals surface area contributed by atoms with E-state index in [9.17, 15) is 8.42 Å². The zero-order chi connectivity index (χ0) is 19.1. The maximum atomic E-state index is 11.7. The molecule has 6 nitrogen and oxygen atoms in total. The van der Waals surface area contributed by atoms with Gasteiger partial charge in [-0.25, -0.2) is 13.1 Å². The van der Waals surface area contributed by atoms with Gasteiger partial charge in [0.25, 0.3) is 0 Å². The minimum atomic E-state index is -3.21. The van der Waals surface area contributed by atoms with Crippen LogP contribution in [0.2, 0.25) is 0 Å². The average molecular weight is 380 g/mol. The van der Waals surface area contributed by atoms with Crippen LogP contribution >= 0.6 is 0 Å². The maximum absolute atomic E-state index is 11.7. The molecule has 1 aliphatic rings. The van der Waals surface area contributed by atoms with Gasteiger partial charge in [0.05, 0.1) is 13.4 Å². The summed E-state index contributed by atoms with van der Waals surface area (Å²) in [5, 5.41) is 1.17. The monoisotopic (exact) mass is 379 g/mol. The topological polar surface area (TPSA) is 74.4 Å². The molecule has 2 unspecified atom stereocenters. The van der Waals surface area contributed by atoms with Gasteiger partial charge in [0.2, 0.25) is 10.0 Å². The number of fused-ring (bicyclic) bond motifs is 1. The average Bonchev–Trinajstić information content (AvgIpc) is 3.07. The predicted molar refractivity (Wildman–Crippen MR) is 105 cm³/mol. The Labute approximate surface area is 156 Å². The number of hydrogen-bond acceptors (Lipinski definition) is 4. The molecule has 0 radical (unpaired) electrons. The number of aromatic amines is 1. The Morgan fingerprint density at radius 1 is 1.35 bits per heavy atom. The quantitative estimate of drug-likeness (QED) is 0.809. The van der Waals surface area contributed by atoms with Crippen LogP contribution in [0.1, 0.15) is 25.1 Å². The number of benzene rings is 1. The zero-order valence-electron chi connectivity index (χ0n) is 16.2. The van der Waals surface area contributed by atoms with E-state index in [-0.39, 0.29) is 6.04 Å². The third-order valence-electron chi connectivity index (χ3n) is 5.41. The summed E-state index contributed by atoms with van der Waals surface area (Å²) in [6, 6.07) is 6.02. The summed E-state index contributed by atoms with van der Waals surface area (Å²) in [6.45, 7) is 8.85. The molecule has 144 valence electrons. The van der Waals surface area contributed by atoms with Crippen molar-refractivity contribution in [3.63, 3.8) is 0 Å². The van der Waals surface area contributed by atoms with E-state index in [1.54, 1.807) is 7.11 Å². The van der Waals surface area contributed by atoms with E-state index in [0.29, 0.717) is 11.8 Å². The number of sulfonamides is 1. The Morgan fingerprint density at radius 3 is 2.69 bits per heavy atom. The van der Waals surface area contributed by atoms with Crippen molar-refractivity contribution in [2.45, 2.75) is 33.4 Å². The van der Waals surface area contributed by atoms with E-state index in [4.69, 9.17) is 4.74 Å². The molecule has 2 atom stereocenters. The molecule has 2 aromatic rings. The smallest absolute Gasteiger partial charge is 0.209 e. The summed E-state index contributed by atoms with van der Waals surface area (Å²) in [4.78, 5) is 5.85. The van der Waals surface area contributed by atoms with E-state index < -0.39 is 10.0 Å². The Kier molecular flexibility index (Phi) is 5.33. The summed E-state index contributed by atoms with van der Waals surface area (Å²) >= 11 is 0. The van der Waals surface area contributed by atoms with Gasteiger partial charge >= 0.3 is 0 Å². The fraction of sp³-hybridized carbons (Fsp3) is 0.579. The number of aryl methyl sites for hydroxylation is 1. The number of nitrogens with zero attached hydrogens (tertiary/aromatic N) is 1. The van der Waals surface area contributed by atoms with Gasteiger partial charge < -0.3 is 9.72 Å². The Morgan fingerprint density at radius 2 is 2.08 bits per heavy atom. The zero-order valence-corrected chi connectivity index (χ0v) is 17.0. The second-order valence-electron chi connectivity index (χ2n) is 7.74. The molecule has 1 aliphatic heterocycles. The van der Waals surface area contributed by atoms with Gasteiger partial charge in [0.15, 0.2) is 0 Å². The van der Waals surface area contributed by atoms with Crippen LogP contribution in [-0.2, 0) is 16.6 Å². The van der Waals surface area contributed by atoms with Gasteiger partial charge in [0, 0.05) is 42.3 Å². The Bertz CT molecular complexity index is 889. The standard InChI is InChI=1S/C19H29N3O3S/c1-12(2)16-9-22(11-19(16)21-26(5,23)24)10-18-13(3)15-8-14(25-4)6-7-17(15)20-18/h6-8,12,16,19-21H,9-11H2,1-5H3. The fourth-order valence-electron chi connectivity index (χ4n) is 3.99. The normalized spacial score (nSPS) is 21.8. The first-order valence-corrected chi connectivity index (χ1v) is 10.9. The lowest BCUT2D eigenvalue weighted by Crippen LogP contribution is -2.41. The second kappa shape index (κ2) is 7.21. The largest absolute Gasteiger partial charge is 0.497 e. The van der Waals surface area contributed by atoms with Crippen molar-refractivity contribution < 1.29 is 13.2 Å². The summed E-state index contributed by atoms with van der Waals surface area (Å²) in [5.74, 6) is 1.59. The number of hydrogen-bond donors (Lipinski definition) is 2. The number of methoxy groups -OCH3 is 1. The fourth-order valence-corrected chi connectivity index (χ4v) is 4.79. The molecular weight excluding hydrogens is 350 g/mol. The summed E-state index contributed by atoms with van der Waals surface area (Å²) < 4.78 is 31.6. The van der Waals surface area contributed by atoms with E-state index in [1.807, 2.05) is 12.1 Å². The number of H-pyrrole nitrogens is 1. The van der Waals surface area contributed by atoms with Crippen LogP contribution in [0.5, 0.6) is 5.75 Å². The molecule has 0 amide bonds. The highest BCUT2D eigenvalue weighted by Crippen LogP contribution is 2.30. The molecular formula is C19H29N3O3S. The number of aromatic nitrogens is 1. The number of nitrogens with one attached hydrogen (secondary N) is 2. The van der Waals surface area contributed by atoms with Crippen LogP contribution in [0.25, 0.3) is 10.9 Å². The summed E-state index contributed by atoms with van der Waals surface area (Å²) in [7, 11) is -1.53. The Balaban J connectivity index is 1.80. The molecule has 1 aromatic heterocycles. The van der Waals surface area contributed by atoms with Gasteiger partial charge in [-0.2, -0.15) is 0 Å². The molecule has 2 heterocycles. The van der Waals surface area contributed by atoms with Crippen LogP contribution < -0.4 is 9.46 Å². The maximum Gasteiger partial charge on any atom is 0.209 e. The van der Waals surface area contributed by atoms with Crippen LogP contribution in [0.3, 0.4) is 0 Å². The summed E-state index contributed by atoms with van der Waals surface area (Å²) in [5.41, 5.74) is 3.50. The summed E-state index contributed by atoms with van der Waals surface area (Å²) in [6.07, 6.45) is 1.24. The highest BCUT2D eigenvalue weighted by atomic mass is 32.2. The molecule has 0 bridgehead atoms. The first-order valence-electron chi connectivity index (χ1n) is 9.02. The van der Waals surface area contributed by atoms with Crippen molar-refractivity contribution in [3.05, 3.63) is 29.5 Å². The van der Waals surface area contributed by atoms with Gasteiger partial charge in [0.1, 0.15) is 5.75 Å².